The molecule has 6 heteroatoms. The predicted molar refractivity (Wildman–Crippen MR) is 67.9 cm³/mol. The third kappa shape index (κ3) is 3.49. The highest BCUT2D eigenvalue weighted by molar-refractivity contribution is 7.81. The van der Waals surface area contributed by atoms with Gasteiger partial charge in [-0.05, 0) is 24.3 Å². The van der Waals surface area contributed by atoms with Gasteiger partial charge in [-0.2, -0.15) is 0 Å². The van der Waals surface area contributed by atoms with Crippen molar-refractivity contribution in [1.82, 2.24) is 4.31 Å². The first-order valence-corrected chi connectivity index (χ1v) is 6.77. The van der Waals surface area contributed by atoms with Crippen LogP contribution >= 0.6 is 0 Å². The molecule has 4 nitrogen and oxygen atoms in total. The summed E-state index contributed by atoms with van der Waals surface area (Å²) >= 11 is 0. The number of piperazine rings is 1. The molecular weight excluding hydrogens is 243 g/mol. The molecule has 1 aliphatic heterocycles. The molecule has 0 bridgehead atoms. The van der Waals surface area contributed by atoms with E-state index in [2.05, 4.69) is 4.90 Å². The number of hydrogen-bond donors (Lipinski definition) is 0. The van der Waals surface area contributed by atoms with Crippen LogP contribution in [0.5, 0.6) is 0 Å². The number of hydrogen-bond acceptors (Lipinski definition) is 2. The third-order valence-corrected chi connectivity index (χ3v) is 3.89. The van der Waals surface area contributed by atoms with Crippen LogP contribution in [0, 0.1) is 5.82 Å². The van der Waals surface area contributed by atoms with Crippen LogP contribution in [-0.2, 0) is 11.0 Å². The second-order valence-corrected chi connectivity index (χ2v) is 5.18. The molecule has 1 aromatic rings. The fourth-order valence-electron chi connectivity index (χ4n) is 1.86. The molecule has 96 valence electrons. The highest BCUT2D eigenvalue weighted by Gasteiger charge is 2.18. The van der Waals surface area contributed by atoms with Crippen LogP contribution in [0.4, 0.5) is 10.1 Å². The number of halogens is 1. The van der Waals surface area contributed by atoms with E-state index in [-0.39, 0.29) is 11.3 Å². The molecule has 0 spiro atoms. The Morgan fingerprint density at radius 1 is 1.12 bits per heavy atom. The van der Waals surface area contributed by atoms with E-state index in [4.69, 9.17) is 0 Å². The van der Waals surface area contributed by atoms with Gasteiger partial charge in [0.1, 0.15) is 5.82 Å². The first-order valence-electron chi connectivity index (χ1n) is 5.26. The topological polar surface area (TPSA) is 55.1 Å². The quantitative estimate of drug-likeness (QED) is 0.773. The van der Waals surface area contributed by atoms with Gasteiger partial charge in [0.15, 0.2) is 0 Å². The zero-order valence-electron chi connectivity index (χ0n) is 9.73. The van der Waals surface area contributed by atoms with Crippen molar-refractivity contribution in [3.63, 3.8) is 0 Å². The molecule has 0 aromatic heterocycles. The predicted octanol–water partition coefficient (Wildman–Crippen LogP) is 0.417. The molecule has 2 rings (SSSR count). The molecule has 0 saturated carbocycles. The van der Waals surface area contributed by atoms with Crippen LogP contribution in [0.3, 0.4) is 0 Å². The van der Waals surface area contributed by atoms with E-state index in [0.29, 0.717) is 0 Å². The van der Waals surface area contributed by atoms with Crippen molar-refractivity contribution in [1.29, 1.82) is 0 Å². The van der Waals surface area contributed by atoms with Crippen molar-refractivity contribution in [3.05, 3.63) is 30.1 Å². The van der Waals surface area contributed by atoms with Gasteiger partial charge in [0, 0.05) is 38.1 Å². The molecule has 2 N–H and O–H groups in total. The van der Waals surface area contributed by atoms with E-state index >= 15 is 0 Å². The maximum absolute atomic E-state index is 12.8. The second kappa shape index (κ2) is 6.09. The van der Waals surface area contributed by atoms with Crippen LogP contribution in [0.1, 0.15) is 0 Å². The summed E-state index contributed by atoms with van der Waals surface area (Å²) in [7, 11) is -0.880. The van der Waals surface area contributed by atoms with Crippen LogP contribution in [0.15, 0.2) is 24.3 Å². The average Bonchev–Trinajstić information content (AvgIpc) is 2.30. The summed E-state index contributed by atoms with van der Waals surface area (Å²) in [6.07, 6.45) is 1.70. The Morgan fingerprint density at radius 2 is 1.65 bits per heavy atom. The van der Waals surface area contributed by atoms with Crippen molar-refractivity contribution >= 4 is 16.7 Å². The fraction of sp³-hybridized carbons (Fsp3) is 0.455. The minimum absolute atomic E-state index is 0. The maximum atomic E-state index is 12.8. The van der Waals surface area contributed by atoms with E-state index in [1.165, 1.54) is 12.1 Å². The van der Waals surface area contributed by atoms with Gasteiger partial charge in [-0.3, -0.25) is 0 Å². The normalized spacial score (nSPS) is 18.6. The van der Waals surface area contributed by atoms with Gasteiger partial charge in [0.05, 0.1) is 11.0 Å². The molecule has 1 fully saturated rings. The lowest BCUT2D eigenvalue weighted by Crippen LogP contribution is -2.46. The van der Waals surface area contributed by atoms with Crippen LogP contribution < -0.4 is 4.90 Å². The van der Waals surface area contributed by atoms with E-state index in [9.17, 15) is 8.60 Å². The van der Waals surface area contributed by atoms with Crippen molar-refractivity contribution in [2.45, 2.75) is 0 Å². The Morgan fingerprint density at radius 3 is 2.12 bits per heavy atom. The zero-order chi connectivity index (χ0) is 11.5. The standard InChI is InChI=1S/C11H15FN2OS.H2O/c1-16(15)14-8-6-13(7-9-14)11-4-2-10(12)3-5-11;/h2-5H,6-9H2,1H3;1H2. The average molecular weight is 260 g/mol. The smallest absolute Gasteiger partial charge is 0.123 e. The second-order valence-electron chi connectivity index (χ2n) is 3.82. The SMILES string of the molecule is CS(=O)N1CCN(c2ccc(F)cc2)CC1.O. The molecule has 1 aliphatic rings. The summed E-state index contributed by atoms with van der Waals surface area (Å²) in [6, 6.07) is 6.52. The molecule has 0 radical (unpaired) electrons. The van der Waals surface area contributed by atoms with Crippen LogP contribution in [0.25, 0.3) is 0 Å². The number of benzene rings is 1. The van der Waals surface area contributed by atoms with Gasteiger partial charge in [-0.15, -0.1) is 0 Å². The molecule has 17 heavy (non-hydrogen) atoms. The van der Waals surface area contributed by atoms with E-state index in [1.807, 2.05) is 4.31 Å². The van der Waals surface area contributed by atoms with Crippen molar-refractivity contribution in [2.75, 3.05) is 37.3 Å². The third-order valence-electron chi connectivity index (χ3n) is 2.79. The zero-order valence-corrected chi connectivity index (χ0v) is 10.5. The molecule has 1 atom stereocenters. The Balaban J connectivity index is 0.00000144. The summed E-state index contributed by atoms with van der Waals surface area (Å²) in [5.74, 6) is -0.211. The van der Waals surface area contributed by atoms with Gasteiger partial charge in [0.25, 0.3) is 0 Å². The summed E-state index contributed by atoms with van der Waals surface area (Å²) in [5.41, 5.74) is 1.03. The Bertz CT molecular complexity index is 378. The summed E-state index contributed by atoms with van der Waals surface area (Å²) in [4.78, 5) is 2.18. The lowest BCUT2D eigenvalue weighted by Gasteiger charge is -2.34. The van der Waals surface area contributed by atoms with Crippen molar-refractivity contribution in [2.24, 2.45) is 0 Å². The van der Waals surface area contributed by atoms with Gasteiger partial charge in [-0.1, -0.05) is 0 Å². The maximum Gasteiger partial charge on any atom is 0.123 e. The molecule has 1 heterocycles. The molecule has 0 amide bonds. The highest BCUT2D eigenvalue weighted by Crippen LogP contribution is 2.17. The minimum Gasteiger partial charge on any atom is -0.412 e. The van der Waals surface area contributed by atoms with Gasteiger partial charge < -0.3 is 10.4 Å². The summed E-state index contributed by atoms with van der Waals surface area (Å²) in [5, 5.41) is 0. The van der Waals surface area contributed by atoms with E-state index in [1.54, 1.807) is 18.4 Å². The van der Waals surface area contributed by atoms with Gasteiger partial charge in [0.2, 0.25) is 0 Å². The lowest BCUT2D eigenvalue weighted by atomic mass is 10.2. The molecular formula is C11H17FN2O2S. The lowest BCUT2D eigenvalue weighted by molar-refractivity contribution is 0.412. The molecule has 1 unspecified atom stereocenters. The summed E-state index contributed by atoms with van der Waals surface area (Å²) < 4.78 is 26.0. The van der Waals surface area contributed by atoms with E-state index < -0.39 is 11.0 Å². The number of nitrogens with zero attached hydrogens (tertiary/aromatic N) is 2. The Hall–Kier alpha value is -0.980. The number of rotatable bonds is 2. The van der Waals surface area contributed by atoms with Crippen molar-refractivity contribution < 1.29 is 14.1 Å². The van der Waals surface area contributed by atoms with E-state index in [0.717, 1.165) is 31.9 Å². The molecule has 1 aromatic carbocycles. The van der Waals surface area contributed by atoms with Crippen molar-refractivity contribution in [3.8, 4) is 0 Å². The number of anilines is 1. The van der Waals surface area contributed by atoms with Crippen LogP contribution in [-0.4, -0.2) is 46.4 Å². The minimum atomic E-state index is -0.880. The Labute approximate surface area is 103 Å². The first-order chi connectivity index (χ1) is 7.66. The fourth-order valence-corrected chi connectivity index (χ4v) is 2.53. The largest absolute Gasteiger partial charge is 0.412 e. The monoisotopic (exact) mass is 260 g/mol. The van der Waals surface area contributed by atoms with Crippen LogP contribution in [0.2, 0.25) is 0 Å². The van der Waals surface area contributed by atoms with Gasteiger partial charge >= 0.3 is 0 Å². The summed E-state index contributed by atoms with van der Waals surface area (Å²) in [6.45, 7) is 3.26. The molecule has 0 aliphatic carbocycles. The van der Waals surface area contributed by atoms with Gasteiger partial charge in [-0.25, -0.2) is 12.9 Å². The Kier molecular flexibility index (Phi) is 5.04. The highest BCUT2D eigenvalue weighted by atomic mass is 32.2. The molecule has 1 saturated heterocycles. The first kappa shape index (κ1) is 14.1.